The number of aromatic nitrogens is 16. The van der Waals surface area contributed by atoms with Crippen LogP contribution in [0.3, 0.4) is 0 Å². The first-order valence-electron chi connectivity index (χ1n) is 24.0. The number of rotatable bonds is 7. The van der Waals surface area contributed by atoms with Crippen molar-refractivity contribution in [3.63, 3.8) is 0 Å². The van der Waals surface area contributed by atoms with Crippen LogP contribution < -0.4 is 0 Å². The van der Waals surface area contributed by atoms with Crippen molar-refractivity contribution in [2.75, 3.05) is 0 Å². The van der Waals surface area contributed by atoms with E-state index in [-0.39, 0.29) is 0 Å². The van der Waals surface area contributed by atoms with Crippen molar-refractivity contribution < 1.29 is 0 Å². The molecule has 0 N–H and O–H groups in total. The van der Waals surface area contributed by atoms with Crippen molar-refractivity contribution in [1.82, 2.24) is 78.9 Å². The summed E-state index contributed by atoms with van der Waals surface area (Å²) in [5.74, 6) is 7.65. The lowest BCUT2D eigenvalue weighted by Gasteiger charge is -2.19. The van der Waals surface area contributed by atoms with E-state index < -0.39 is 0 Å². The predicted octanol–water partition coefficient (Wildman–Crippen LogP) is 10.7. The minimum atomic E-state index is 0.387. The van der Waals surface area contributed by atoms with E-state index in [0.717, 1.165) is 77.1 Å². The molecule has 5 aromatic carbocycles. The molecular weight excluding hydrogens is 923 g/mol. The first-order chi connectivity index (χ1) is 35.6. The smallest absolute Gasteiger partial charge is 0.163 e. The predicted molar refractivity (Wildman–Crippen MR) is 284 cm³/mol. The number of benzene rings is 5. The summed E-state index contributed by atoms with van der Waals surface area (Å²) < 4.78 is 4.31. The Kier molecular flexibility index (Phi) is 10.6. The lowest BCUT2D eigenvalue weighted by Crippen LogP contribution is -2.06. The van der Waals surface area contributed by atoms with E-state index in [1.807, 2.05) is 112 Å². The molecule has 0 saturated heterocycles. The van der Waals surface area contributed by atoms with Gasteiger partial charge in [0.15, 0.2) is 23.3 Å². The topological polar surface area (TPSA) is 214 Å². The average Bonchev–Trinajstić information content (AvgIpc) is 3.85. The molecule has 0 fully saturated rings. The molecule has 0 radical (unpaired) electrons. The van der Waals surface area contributed by atoms with E-state index >= 15 is 0 Å². The third kappa shape index (κ3) is 7.89. The summed E-state index contributed by atoms with van der Waals surface area (Å²) in [4.78, 5) is 65.8. The summed E-state index contributed by atoms with van der Waals surface area (Å²) in [7, 11) is 0. The molecule has 17 heteroatoms. The van der Waals surface area contributed by atoms with E-state index in [9.17, 15) is 5.26 Å². The summed E-state index contributed by atoms with van der Waals surface area (Å²) >= 11 is 0. The zero-order valence-corrected chi connectivity index (χ0v) is 42.3. The summed E-state index contributed by atoms with van der Waals surface area (Å²) in [5, 5.41) is 15.8. The summed E-state index contributed by atoms with van der Waals surface area (Å²) in [6, 6.07) is 33.7. The first-order valence-corrected chi connectivity index (χ1v) is 24.0. The lowest BCUT2D eigenvalue weighted by molar-refractivity contribution is 0.928. The van der Waals surface area contributed by atoms with Crippen LogP contribution in [0.4, 0.5) is 0 Å². The minimum Gasteiger partial charge on any atom is -0.308 e. The molecule has 12 aromatic rings. The fraction of sp³-hybridized carbons (Fsp3) is 0.175. The summed E-state index contributed by atoms with van der Waals surface area (Å²) in [6.45, 7) is 18.7. The highest BCUT2D eigenvalue weighted by molar-refractivity contribution is 6.13. The van der Waals surface area contributed by atoms with Gasteiger partial charge in [-0.05, 0) is 112 Å². The van der Waals surface area contributed by atoms with Crippen LogP contribution in [-0.4, -0.2) is 78.9 Å². The minimum absolute atomic E-state index is 0.387. The molecule has 358 valence electrons. The molecule has 0 spiro atoms. The Morgan fingerprint density at radius 2 is 0.595 bits per heavy atom. The number of fused-ring (bicyclic) bond motifs is 6. The highest BCUT2D eigenvalue weighted by Gasteiger charge is 2.25. The van der Waals surface area contributed by atoms with Gasteiger partial charge in [0.2, 0.25) is 0 Å². The Morgan fingerprint density at radius 1 is 0.311 bits per heavy atom. The molecule has 0 saturated carbocycles. The van der Waals surface area contributed by atoms with Gasteiger partial charge in [-0.2, -0.15) is 5.26 Å². The quantitative estimate of drug-likeness (QED) is 0.145. The second-order valence-corrected chi connectivity index (χ2v) is 18.6. The molecule has 0 aliphatic heterocycles. The zero-order chi connectivity index (χ0) is 51.3. The maximum atomic E-state index is 12.0. The fourth-order valence-electron chi connectivity index (χ4n) is 10.2. The van der Waals surface area contributed by atoms with E-state index in [0.29, 0.717) is 98.3 Å². The van der Waals surface area contributed by atoms with Gasteiger partial charge in [-0.25, -0.2) is 69.8 Å². The number of hydrogen-bond donors (Lipinski definition) is 0. The van der Waals surface area contributed by atoms with E-state index in [4.69, 9.17) is 44.9 Å². The van der Waals surface area contributed by atoms with Gasteiger partial charge in [0, 0.05) is 55.1 Å². The molecule has 0 amide bonds. The molecule has 0 atom stereocenters. The maximum absolute atomic E-state index is 12.0. The maximum Gasteiger partial charge on any atom is 0.163 e. The molecule has 0 bridgehead atoms. The lowest BCUT2D eigenvalue weighted by atomic mass is 10.0. The van der Waals surface area contributed by atoms with E-state index in [1.54, 1.807) is 0 Å². The second kappa shape index (κ2) is 17.3. The van der Waals surface area contributed by atoms with Gasteiger partial charge in [-0.3, -0.25) is 0 Å². The van der Waals surface area contributed by atoms with Crippen LogP contribution in [-0.2, 0) is 0 Å². The van der Waals surface area contributed by atoms with Gasteiger partial charge in [-0.1, -0.05) is 48.5 Å². The zero-order valence-electron chi connectivity index (χ0n) is 42.3. The van der Waals surface area contributed by atoms with Crippen molar-refractivity contribution >= 4 is 43.6 Å². The molecule has 12 rings (SSSR count). The number of nitriles is 1. The number of nitrogens with zero attached hydrogens (tertiary/aromatic N) is 17. The van der Waals surface area contributed by atoms with Gasteiger partial charge >= 0.3 is 0 Å². The molecule has 0 unspecified atom stereocenters. The Labute approximate surface area is 424 Å². The summed E-state index contributed by atoms with van der Waals surface area (Å²) in [5.41, 5.74) is 10.2. The van der Waals surface area contributed by atoms with Crippen molar-refractivity contribution in [2.45, 2.75) is 69.2 Å². The molecular formula is C57H45N17. The molecule has 7 heterocycles. The van der Waals surface area contributed by atoms with Crippen LogP contribution in [0.2, 0.25) is 0 Å². The number of aryl methyl sites for hydroxylation is 10. The molecule has 7 aromatic heterocycles. The SMILES string of the molecule is Cc1cc(-c2cc(-n3c4cc(-c5nc(C)nc(C)n5)ccc4c4ccc(-c5nc(C)nc(C)n5)cc43)c(C#N)c(-n3c4cc(-c5nc(C)nc(C)n5)ccc4c4ccc(-c5nc(C)nc(C)n5)cc43)c2)nc(C)n1. The third-order valence-electron chi connectivity index (χ3n) is 13.0. The van der Waals surface area contributed by atoms with Gasteiger partial charge in [0.05, 0.1) is 39.1 Å². The Morgan fingerprint density at radius 3 is 0.865 bits per heavy atom. The van der Waals surface area contributed by atoms with Crippen molar-refractivity contribution in [3.05, 3.63) is 155 Å². The summed E-state index contributed by atoms with van der Waals surface area (Å²) in [6.07, 6.45) is 0. The van der Waals surface area contributed by atoms with Crippen molar-refractivity contribution in [2.24, 2.45) is 0 Å². The highest BCUT2D eigenvalue weighted by atomic mass is 15.1. The van der Waals surface area contributed by atoms with Gasteiger partial charge in [0.25, 0.3) is 0 Å². The molecule has 17 nitrogen and oxygen atoms in total. The molecule has 0 aliphatic carbocycles. The normalized spacial score (nSPS) is 11.6. The Hall–Kier alpha value is -9.69. The molecule has 74 heavy (non-hydrogen) atoms. The molecule has 0 aliphatic rings. The van der Waals surface area contributed by atoms with Crippen molar-refractivity contribution in [3.8, 4) is 74.3 Å². The Bertz CT molecular complexity index is 3850. The van der Waals surface area contributed by atoms with Crippen LogP contribution in [0.25, 0.3) is 112 Å². The van der Waals surface area contributed by atoms with Crippen LogP contribution in [0.15, 0.2) is 91.0 Å². The van der Waals surface area contributed by atoms with Gasteiger partial charge in [0.1, 0.15) is 64.1 Å². The van der Waals surface area contributed by atoms with E-state index in [2.05, 4.69) is 88.7 Å². The van der Waals surface area contributed by atoms with Crippen LogP contribution in [0.5, 0.6) is 0 Å². The van der Waals surface area contributed by atoms with Crippen LogP contribution >= 0.6 is 0 Å². The van der Waals surface area contributed by atoms with Gasteiger partial charge < -0.3 is 9.13 Å². The number of hydrogen-bond acceptors (Lipinski definition) is 15. The van der Waals surface area contributed by atoms with Gasteiger partial charge in [-0.15, -0.1) is 0 Å². The van der Waals surface area contributed by atoms with Crippen LogP contribution in [0, 0.1) is 80.6 Å². The third-order valence-corrected chi connectivity index (χ3v) is 13.0. The van der Waals surface area contributed by atoms with E-state index in [1.165, 1.54) is 0 Å². The highest BCUT2D eigenvalue weighted by Crippen LogP contribution is 2.43. The standard InChI is InChI=1S/C57H45N17/c1-27-19-47(64-28(2)59-27)41-24-52(73-48-20-37(54-65-29(3)60-30(4)66-54)11-15-42(48)43-16-12-38(21-49(43)73)55-67-31(5)61-32(6)68-55)46(26-58)53(25-41)74-50-22-39(56-69-33(7)62-34(8)70-56)13-17-44(50)45-18-14-40(23-51(45)74)57-71-35(9)63-36(10)72-57/h11-25H,1-10H3. The largest absolute Gasteiger partial charge is 0.308 e. The van der Waals surface area contributed by atoms with Crippen molar-refractivity contribution in [1.29, 1.82) is 5.26 Å². The average molecular weight is 968 g/mol. The first kappa shape index (κ1) is 45.4. The monoisotopic (exact) mass is 967 g/mol. The second-order valence-electron chi connectivity index (χ2n) is 18.6. The van der Waals surface area contributed by atoms with Crippen LogP contribution in [0.1, 0.15) is 63.7 Å². The fourth-order valence-corrected chi connectivity index (χ4v) is 10.2. The Balaban J connectivity index is 1.24.